The molecule has 4 aromatic carbocycles. The molecule has 1 aliphatic heterocycles. The molecule has 1 atom stereocenters. The quantitative estimate of drug-likeness (QED) is 0.356. The zero-order valence-corrected chi connectivity index (χ0v) is 19.5. The van der Waals surface area contributed by atoms with Crippen molar-refractivity contribution in [2.45, 2.75) is 32.2 Å². The zero-order chi connectivity index (χ0) is 22.8. The van der Waals surface area contributed by atoms with Gasteiger partial charge in [0.2, 0.25) is 0 Å². The van der Waals surface area contributed by atoms with Gasteiger partial charge in [-0.3, -0.25) is 10.4 Å². The molecule has 1 N–H and O–H groups in total. The van der Waals surface area contributed by atoms with Crippen molar-refractivity contribution in [3.63, 3.8) is 0 Å². The zero-order valence-electron chi connectivity index (χ0n) is 19.5. The van der Waals surface area contributed by atoms with Crippen LogP contribution in [0.1, 0.15) is 43.5 Å². The van der Waals surface area contributed by atoms with Crippen LogP contribution in [0.3, 0.4) is 0 Å². The van der Waals surface area contributed by atoms with Crippen LogP contribution in [-0.4, -0.2) is 0 Å². The number of nitrogens with zero attached hydrogens (tertiary/aromatic N) is 1. The lowest BCUT2D eigenvalue weighted by Gasteiger charge is -2.28. The minimum atomic E-state index is 0.116. The molecule has 33 heavy (non-hydrogen) atoms. The summed E-state index contributed by atoms with van der Waals surface area (Å²) in [5, 5.41) is 2.26. The second kappa shape index (κ2) is 8.63. The first-order valence-corrected chi connectivity index (χ1v) is 11.6. The fraction of sp³-hybridized carbons (Fsp3) is 0.161. The van der Waals surface area contributed by atoms with Gasteiger partial charge < -0.3 is 0 Å². The molecule has 0 bridgehead atoms. The topological polar surface area (TPSA) is 15.3 Å². The van der Waals surface area contributed by atoms with Crippen molar-refractivity contribution in [2.24, 2.45) is 0 Å². The Labute approximate surface area is 197 Å². The van der Waals surface area contributed by atoms with Crippen molar-refractivity contribution >= 4 is 11.4 Å². The number of nitrogens with one attached hydrogen (secondary N) is 1. The van der Waals surface area contributed by atoms with Crippen LogP contribution in [0.25, 0.3) is 16.8 Å². The largest absolute Gasteiger partial charge is 0.297 e. The molecule has 0 saturated heterocycles. The third-order valence-electron chi connectivity index (χ3n) is 6.30. The highest BCUT2D eigenvalue weighted by Crippen LogP contribution is 2.36. The van der Waals surface area contributed by atoms with Gasteiger partial charge in [-0.05, 0) is 51.4 Å². The van der Waals surface area contributed by atoms with Gasteiger partial charge in [0.05, 0.1) is 17.4 Å². The summed E-state index contributed by atoms with van der Waals surface area (Å²) in [6.45, 7) is 6.77. The number of anilines is 1. The standard InChI is InChI=1S/C31H30N2/c1-31(2,3)27-20-18-26(19-21-27)30-22-29(32-33(30)28-12-8-5-9-13-28)25-16-14-24(15-17-25)23-10-6-4-7-11-23/h4-22,30,32H,1-3H3. The molecular formula is C31H30N2. The summed E-state index contributed by atoms with van der Waals surface area (Å²) in [6, 6.07) is 39.0. The highest BCUT2D eigenvalue weighted by atomic mass is 15.5. The molecule has 4 aromatic rings. The van der Waals surface area contributed by atoms with E-state index in [0.29, 0.717) is 0 Å². The lowest BCUT2D eigenvalue weighted by Crippen LogP contribution is -2.33. The first kappa shape index (κ1) is 21.1. The van der Waals surface area contributed by atoms with E-state index >= 15 is 0 Å². The van der Waals surface area contributed by atoms with Crippen LogP contribution >= 0.6 is 0 Å². The van der Waals surface area contributed by atoms with E-state index in [-0.39, 0.29) is 11.5 Å². The summed E-state index contributed by atoms with van der Waals surface area (Å²) in [5.74, 6) is 0. The minimum Gasteiger partial charge on any atom is -0.297 e. The number of rotatable bonds is 4. The molecule has 0 fully saturated rings. The Morgan fingerprint density at radius 2 is 1.15 bits per heavy atom. The summed E-state index contributed by atoms with van der Waals surface area (Å²) >= 11 is 0. The van der Waals surface area contributed by atoms with E-state index in [0.717, 1.165) is 11.4 Å². The summed E-state index contributed by atoms with van der Waals surface area (Å²) in [7, 11) is 0. The lowest BCUT2D eigenvalue weighted by atomic mass is 9.86. The molecular weight excluding hydrogens is 400 g/mol. The summed E-state index contributed by atoms with van der Waals surface area (Å²) in [4.78, 5) is 0. The molecule has 164 valence electrons. The average Bonchev–Trinajstić information content (AvgIpc) is 3.30. The molecule has 2 heteroatoms. The van der Waals surface area contributed by atoms with Crippen LogP contribution in [0.2, 0.25) is 0 Å². The highest BCUT2D eigenvalue weighted by molar-refractivity contribution is 5.74. The van der Waals surface area contributed by atoms with Crippen molar-refractivity contribution in [3.05, 3.63) is 132 Å². The molecule has 5 rings (SSSR count). The van der Waals surface area contributed by atoms with Gasteiger partial charge in [-0.2, -0.15) is 0 Å². The second-order valence-corrected chi connectivity index (χ2v) is 9.66. The van der Waals surface area contributed by atoms with Gasteiger partial charge >= 0.3 is 0 Å². The number of hydrazine groups is 1. The second-order valence-electron chi connectivity index (χ2n) is 9.66. The van der Waals surface area contributed by atoms with Crippen molar-refractivity contribution in [2.75, 3.05) is 5.01 Å². The van der Waals surface area contributed by atoms with E-state index in [4.69, 9.17) is 0 Å². The first-order chi connectivity index (χ1) is 16.0. The van der Waals surface area contributed by atoms with Crippen LogP contribution < -0.4 is 10.4 Å². The molecule has 0 aromatic heterocycles. The van der Waals surface area contributed by atoms with E-state index in [2.05, 4.69) is 146 Å². The highest BCUT2D eigenvalue weighted by Gasteiger charge is 2.27. The van der Waals surface area contributed by atoms with Crippen molar-refractivity contribution in [1.29, 1.82) is 0 Å². The molecule has 0 radical (unpaired) electrons. The number of benzene rings is 4. The Morgan fingerprint density at radius 1 is 0.606 bits per heavy atom. The average molecular weight is 431 g/mol. The first-order valence-electron chi connectivity index (χ1n) is 11.6. The van der Waals surface area contributed by atoms with Gasteiger partial charge in [0.25, 0.3) is 0 Å². The Kier molecular flexibility index (Phi) is 5.51. The van der Waals surface area contributed by atoms with Crippen LogP contribution in [0.5, 0.6) is 0 Å². The maximum atomic E-state index is 3.67. The van der Waals surface area contributed by atoms with Crippen LogP contribution in [0.15, 0.2) is 115 Å². The molecule has 0 saturated carbocycles. The molecule has 0 amide bonds. The monoisotopic (exact) mass is 430 g/mol. The van der Waals surface area contributed by atoms with Gasteiger partial charge in [-0.15, -0.1) is 0 Å². The van der Waals surface area contributed by atoms with Crippen LogP contribution in [-0.2, 0) is 5.41 Å². The van der Waals surface area contributed by atoms with Gasteiger partial charge in [-0.1, -0.05) is 118 Å². The Hall–Kier alpha value is -3.78. The van der Waals surface area contributed by atoms with Crippen molar-refractivity contribution in [1.82, 2.24) is 5.43 Å². The molecule has 1 aliphatic rings. The minimum absolute atomic E-state index is 0.116. The summed E-state index contributed by atoms with van der Waals surface area (Å²) in [6.07, 6.45) is 2.33. The van der Waals surface area contributed by atoms with E-state index in [1.165, 1.54) is 27.8 Å². The Balaban J connectivity index is 1.48. The summed E-state index contributed by atoms with van der Waals surface area (Å²) in [5.41, 5.74) is 12.4. The molecule has 0 spiro atoms. The van der Waals surface area contributed by atoms with Crippen molar-refractivity contribution in [3.8, 4) is 11.1 Å². The summed E-state index contributed by atoms with van der Waals surface area (Å²) < 4.78 is 0. The Morgan fingerprint density at radius 3 is 1.76 bits per heavy atom. The van der Waals surface area contributed by atoms with E-state index < -0.39 is 0 Å². The number of para-hydroxylation sites is 1. The normalized spacial score (nSPS) is 15.8. The van der Waals surface area contributed by atoms with Crippen LogP contribution in [0.4, 0.5) is 5.69 Å². The molecule has 1 heterocycles. The fourth-order valence-electron chi connectivity index (χ4n) is 4.34. The maximum absolute atomic E-state index is 3.67. The molecule has 2 nitrogen and oxygen atoms in total. The van der Waals surface area contributed by atoms with Gasteiger partial charge in [0.15, 0.2) is 0 Å². The lowest BCUT2D eigenvalue weighted by molar-refractivity contribution is 0.589. The number of hydrogen-bond donors (Lipinski definition) is 1. The third-order valence-corrected chi connectivity index (χ3v) is 6.30. The van der Waals surface area contributed by atoms with Crippen LogP contribution in [0, 0.1) is 0 Å². The number of hydrogen-bond acceptors (Lipinski definition) is 2. The van der Waals surface area contributed by atoms with E-state index in [1.54, 1.807) is 0 Å². The Bertz CT molecular complexity index is 1230. The van der Waals surface area contributed by atoms with Crippen molar-refractivity contribution < 1.29 is 0 Å². The fourth-order valence-corrected chi connectivity index (χ4v) is 4.34. The van der Waals surface area contributed by atoms with Gasteiger partial charge in [-0.25, -0.2) is 0 Å². The maximum Gasteiger partial charge on any atom is 0.0958 e. The van der Waals surface area contributed by atoms with E-state index in [1.807, 2.05) is 0 Å². The molecule has 0 aliphatic carbocycles. The smallest absolute Gasteiger partial charge is 0.0958 e. The van der Waals surface area contributed by atoms with Gasteiger partial charge in [0, 0.05) is 0 Å². The SMILES string of the molecule is CC(C)(C)c1ccc(C2C=C(c3ccc(-c4ccccc4)cc3)NN2c2ccccc2)cc1. The predicted molar refractivity (Wildman–Crippen MR) is 140 cm³/mol. The molecule has 1 unspecified atom stereocenters. The van der Waals surface area contributed by atoms with E-state index in [9.17, 15) is 0 Å². The van der Waals surface area contributed by atoms with Gasteiger partial charge in [0.1, 0.15) is 0 Å². The third kappa shape index (κ3) is 4.42. The predicted octanol–water partition coefficient (Wildman–Crippen LogP) is 7.76.